The van der Waals surface area contributed by atoms with Gasteiger partial charge in [-0.25, -0.2) is 4.79 Å². The van der Waals surface area contributed by atoms with E-state index in [1.54, 1.807) is 12.1 Å². The minimum absolute atomic E-state index is 0.00620. The molecule has 0 saturated carbocycles. The summed E-state index contributed by atoms with van der Waals surface area (Å²) in [6.45, 7) is 2.03. The van der Waals surface area contributed by atoms with Gasteiger partial charge in [-0.05, 0) is 17.5 Å². The van der Waals surface area contributed by atoms with Crippen molar-refractivity contribution in [1.82, 2.24) is 9.55 Å². The van der Waals surface area contributed by atoms with Gasteiger partial charge >= 0.3 is 5.69 Å². The average molecular weight is 283 g/mol. The van der Waals surface area contributed by atoms with Crippen molar-refractivity contribution >= 4 is 11.6 Å². The summed E-state index contributed by atoms with van der Waals surface area (Å²) in [6.07, 6.45) is 0.899. The first-order valence-electron chi connectivity index (χ1n) is 5.79. The maximum absolute atomic E-state index is 13.4. The summed E-state index contributed by atoms with van der Waals surface area (Å²) < 4.78 is 14.1. The van der Waals surface area contributed by atoms with E-state index >= 15 is 0 Å². The fourth-order valence-corrected chi connectivity index (χ4v) is 1.89. The van der Waals surface area contributed by atoms with Crippen molar-refractivity contribution < 1.29 is 4.39 Å². The van der Waals surface area contributed by atoms with Crippen LogP contribution in [0.5, 0.6) is 0 Å². The van der Waals surface area contributed by atoms with Crippen LogP contribution in [0.25, 0.3) is 0 Å². The summed E-state index contributed by atoms with van der Waals surface area (Å²) >= 11 is 5.39. The number of rotatable bonds is 3. The van der Waals surface area contributed by atoms with Gasteiger partial charge in [-0.1, -0.05) is 42.8 Å². The predicted molar refractivity (Wildman–Crippen MR) is 71.2 cm³/mol. The summed E-state index contributed by atoms with van der Waals surface area (Å²) in [5, 5.41) is -0.562. The molecule has 1 aromatic heterocycles. The van der Waals surface area contributed by atoms with E-state index < -0.39 is 22.2 Å². The summed E-state index contributed by atoms with van der Waals surface area (Å²) in [7, 11) is 0. The zero-order valence-electron chi connectivity index (χ0n) is 10.2. The van der Waals surface area contributed by atoms with E-state index in [0.29, 0.717) is 0 Å². The van der Waals surface area contributed by atoms with Crippen molar-refractivity contribution in [2.45, 2.75) is 19.9 Å². The van der Waals surface area contributed by atoms with Gasteiger partial charge in [-0.3, -0.25) is 14.3 Å². The number of H-pyrrole nitrogens is 1. The third kappa shape index (κ3) is 2.76. The molecule has 0 aliphatic rings. The number of aromatic amines is 1. The zero-order chi connectivity index (χ0) is 14.0. The number of nitrogens with zero attached hydrogens (tertiary/aromatic N) is 1. The molecular formula is C13H12ClFN2O2. The molecule has 0 atom stereocenters. The van der Waals surface area contributed by atoms with Gasteiger partial charge < -0.3 is 0 Å². The highest BCUT2D eigenvalue weighted by atomic mass is 35.5. The minimum Gasteiger partial charge on any atom is -0.295 e. The molecule has 0 amide bonds. The smallest absolute Gasteiger partial charge is 0.295 e. The number of benzene rings is 1. The van der Waals surface area contributed by atoms with Crippen LogP contribution in [0.2, 0.25) is 5.15 Å². The van der Waals surface area contributed by atoms with E-state index in [-0.39, 0.29) is 6.54 Å². The Morgan fingerprint density at radius 3 is 2.37 bits per heavy atom. The van der Waals surface area contributed by atoms with E-state index in [2.05, 4.69) is 4.98 Å². The standard InChI is InChI=1S/C13H12ClFN2O2/c1-2-8-3-5-9(6-4-8)7-17-12(18)10(15)11(14)16-13(17)19/h3-6H,2,7H2,1H3,(H,16,19). The van der Waals surface area contributed by atoms with Gasteiger partial charge in [0.25, 0.3) is 5.56 Å². The van der Waals surface area contributed by atoms with Crippen molar-refractivity contribution in [2.24, 2.45) is 0 Å². The lowest BCUT2D eigenvalue weighted by molar-refractivity contribution is 0.558. The van der Waals surface area contributed by atoms with Gasteiger partial charge in [0.1, 0.15) is 0 Å². The third-order valence-electron chi connectivity index (χ3n) is 2.86. The Balaban J connectivity index is 2.41. The molecule has 1 aromatic carbocycles. The SMILES string of the molecule is CCc1ccc(Cn2c(=O)[nH]c(Cl)c(F)c2=O)cc1. The molecule has 2 aromatic rings. The summed E-state index contributed by atoms with van der Waals surface area (Å²) in [5.74, 6) is -1.15. The molecule has 1 heterocycles. The Kier molecular flexibility index (Phi) is 3.85. The molecule has 0 saturated heterocycles. The Bertz CT molecular complexity index is 704. The van der Waals surface area contributed by atoms with Gasteiger partial charge in [0.05, 0.1) is 6.54 Å². The summed E-state index contributed by atoms with van der Waals surface area (Å²) in [5.41, 5.74) is 0.142. The summed E-state index contributed by atoms with van der Waals surface area (Å²) in [6, 6.07) is 7.41. The number of halogens is 2. The van der Waals surface area contributed by atoms with Crippen LogP contribution < -0.4 is 11.2 Å². The van der Waals surface area contributed by atoms with Crippen molar-refractivity contribution in [3.8, 4) is 0 Å². The van der Waals surface area contributed by atoms with E-state index in [1.165, 1.54) is 0 Å². The van der Waals surface area contributed by atoms with Gasteiger partial charge in [0, 0.05) is 0 Å². The highest BCUT2D eigenvalue weighted by Gasteiger charge is 2.12. The van der Waals surface area contributed by atoms with Crippen LogP contribution in [-0.4, -0.2) is 9.55 Å². The molecule has 0 spiro atoms. The number of hydrogen-bond acceptors (Lipinski definition) is 2. The number of aryl methyl sites for hydroxylation is 1. The van der Waals surface area contributed by atoms with Crippen LogP contribution in [0.1, 0.15) is 18.1 Å². The molecule has 2 rings (SSSR count). The van der Waals surface area contributed by atoms with E-state index in [4.69, 9.17) is 11.6 Å². The molecule has 4 nitrogen and oxygen atoms in total. The lowest BCUT2D eigenvalue weighted by Crippen LogP contribution is -2.37. The van der Waals surface area contributed by atoms with Gasteiger partial charge in [0.15, 0.2) is 5.15 Å². The summed E-state index contributed by atoms with van der Waals surface area (Å²) in [4.78, 5) is 25.3. The van der Waals surface area contributed by atoms with Crippen LogP contribution in [0.4, 0.5) is 4.39 Å². The van der Waals surface area contributed by atoms with Crippen LogP contribution in [0.3, 0.4) is 0 Å². The normalized spacial score (nSPS) is 10.7. The highest BCUT2D eigenvalue weighted by molar-refractivity contribution is 6.29. The first kappa shape index (κ1) is 13.5. The van der Waals surface area contributed by atoms with E-state index in [1.807, 2.05) is 19.1 Å². The largest absolute Gasteiger partial charge is 0.329 e. The molecule has 0 aliphatic carbocycles. The van der Waals surface area contributed by atoms with Crippen LogP contribution >= 0.6 is 11.6 Å². The number of hydrogen-bond donors (Lipinski definition) is 1. The second-order valence-corrected chi connectivity index (χ2v) is 4.50. The molecule has 0 aliphatic heterocycles. The van der Waals surface area contributed by atoms with Crippen molar-refractivity contribution in [3.63, 3.8) is 0 Å². The first-order chi connectivity index (χ1) is 9.02. The van der Waals surface area contributed by atoms with E-state index in [9.17, 15) is 14.0 Å². The Hall–Kier alpha value is -1.88. The van der Waals surface area contributed by atoms with Gasteiger partial charge in [-0.2, -0.15) is 4.39 Å². The van der Waals surface area contributed by atoms with E-state index in [0.717, 1.165) is 22.1 Å². The molecule has 0 bridgehead atoms. The monoisotopic (exact) mass is 282 g/mol. The predicted octanol–water partition coefficient (Wildman–Crippen LogP) is 1.94. The maximum Gasteiger partial charge on any atom is 0.329 e. The third-order valence-corrected chi connectivity index (χ3v) is 3.12. The van der Waals surface area contributed by atoms with Crippen LogP contribution in [0, 0.1) is 5.82 Å². The lowest BCUT2D eigenvalue weighted by atomic mass is 10.1. The Labute approximate surface area is 113 Å². The Morgan fingerprint density at radius 1 is 1.21 bits per heavy atom. The molecule has 0 unspecified atom stereocenters. The quantitative estimate of drug-likeness (QED) is 0.875. The molecule has 0 fully saturated rings. The van der Waals surface area contributed by atoms with Crippen molar-refractivity contribution in [1.29, 1.82) is 0 Å². The fraction of sp³-hybridized carbons (Fsp3) is 0.231. The molecular weight excluding hydrogens is 271 g/mol. The van der Waals surface area contributed by atoms with Gasteiger partial charge in [0.2, 0.25) is 5.82 Å². The second-order valence-electron chi connectivity index (χ2n) is 4.12. The van der Waals surface area contributed by atoms with Crippen LogP contribution in [0.15, 0.2) is 33.9 Å². The highest BCUT2D eigenvalue weighted by Crippen LogP contribution is 2.07. The number of nitrogens with one attached hydrogen (secondary N) is 1. The molecule has 0 radical (unpaired) electrons. The molecule has 6 heteroatoms. The molecule has 1 N–H and O–H groups in total. The molecule has 100 valence electrons. The maximum atomic E-state index is 13.4. The second kappa shape index (κ2) is 5.40. The number of aromatic nitrogens is 2. The first-order valence-corrected chi connectivity index (χ1v) is 6.16. The van der Waals surface area contributed by atoms with Crippen molar-refractivity contribution in [3.05, 3.63) is 67.2 Å². The zero-order valence-corrected chi connectivity index (χ0v) is 11.0. The van der Waals surface area contributed by atoms with Crippen molar-refractivity contribution in [2.75, 3.05) is 0 Å². The fourth-order valence-electron chi connectivity index (χ4n) is 1.73. The van der Waals surface area contributed by atoms with Crippen LogP contribution in [-0.2, 0) is 13.0 Å². The van der Waals surface area contributed by atoms with Gasteiger partial charge in [-0.15, -0.1) is 0 Å². The Morgan fingerprint density at radius 2 is 1.79 bits per heavy atom. The minimum atomic E-state index is -1.15. The average Bonchev–Trinajstić information content (AvgIpc) is 2.42. The topological polar surface area (TPSA) is 54.9 Å². The molecule has 19 heavy (non-hydrogen) atoms. The lowest BCUT2D eigenvalue weighted by Gasteiger charge is -2.06.